The molecule has 6 heteroatoms. The van der Waals surface area contributed by atoms with Gasteiger partial charge in [-0.05, 0) is 41.5 Å². The fourth-order valence-electron chi connectivity index (χ4n) is 2.08. The summed E-state index contributed by atoms with van der Waals surface area (Å²) in [5, 5.41) is 9.20. The Balaban J connectivity index is 3.01. The number of carbonyl (C=O) groups excluding carboxylic acids is 1. The molecule has 1 rings (SSSR count). The van der Waals surface area contributed by atoms with Gasteiger partial charge in [0.05, 0.1) is 6.10 Å². The molecule has 1 fully saturated rings. The number of rotatable bonds is 1. The van der Waals surface area contributed by atoms with Crippen LogP contribution in [0.4, 0.5) is 4.79 Å². The molecule has 0 aromatic heterocycles. The van der Waals surface area contributed by atoms with Gasteiger partial charge >= 0.3 is 12.1 Å². The standard InChI is InChI=1S/C12H21NO5/c1-7-8(9(14)15)13(12(5,6)17-7)10(16)18-11(2,3)4/h7-8H,1-6H3,(H,14,15). The first-order valence-corrected chi connectivity index (χ1v) is 5.88. The summed E-state index contributed by atoms with van der Waals surface area (Å²) < 4.78 is 10.7. The molecule has 1 amide bonds. The Morgan fingerprint density at radius 1 is 1.33 bits per heavy atom. The summed E-state index contributed by atoms with van der Waals surface area (Å²) >= 11 is 0. The maximum Gasteiger partial charge on any atom is 0.413 e. The molecule has 18 heavy (non-hydrogen) atoms. The van der Waals surface area contributed by atoms with E-state index in [9.17, 15) is 14.7 Å². The Morgan fingerprint density at radius 3 is 2.22 bits per heavy atom. The van der Waals surface area contributed by atoms with E-state index < -0.39 is 35.5 Å². The number of ether oxygens (including phenoxy) is 2. The van der Waals surface area contributed by atoms with E-state index in [1.165, 1.54) is 0 Å². The summed E-state index contributed by atoms with van der Waals surface area (Å²) in [6.45, 7) is 10.1. The number of aliphatic carboxylic acids is 1. The third-order valence-corrected chi connectivity index (χ3v) is 2.62. The van der Waals surface area contributed by atoms with Crippen molar-refractivity contribution in [1.82, 2.24) is 4.90 Å². The summed E-state index contributed by atoms with van der Waals surface area (Å²) in [6, 6.07) is -1.03. The number of carbonyl (C=O) groups is 2. The Kier molecular flexibility index (Phi) is 3.63. The van der Waals surface area contributed by atoms with Crippen LogP contribution in [0, 0.1) is 0 Å². The van der Waals surface area contributed by atoms with Crippen LogP contribution in [0.25, 0.3) is 0 Å². The number of nitrogens with zero attached hydrogens (tertiary/aromatic N) is 1. The molecule has 0 bridgehead atoms. The van der Waals surface area contributed by atoms with Crippen molar-refractivity contribution >= 4 is 12.1 Å². The van der Waals surface area contributed by atoms with E-state index in [0.29, 0.717) is 0 Å². The fraction of sp³-hybridized carbons (Fsp3) is 0.833. The van der Waals surface area contributed by atoms with E-state index in [1.54, 1.807) is 41.5 Å². The van der Waals surface area contributed by atoms with E-state index in [1.807, 2.05) is 0 Å². The third kappa shape index (κ3) is 2.93. The molecular weight excluding hydrogens is 238 g/mol. The summed E-state index contributed by atoms with van der Waals surface area (Å²) in [4.78, 5) is 24.5. The summed E-state index contributed by atoms with van der Waals surface area (Å²) in [5.41, 5.74) is -1.67. The Bertz CT molecular complexity index is 358. The number of hydrogen-bond acceptors (Lipinski definition) is 4. The van der Waals surface area contributed by atoms with Crippen LogP contribution < -0.4 is 0 Å². The molecule has 6 nitrogen and oxygen atoms in total. The van der Waals surface area contributed by atoms with Crippen molar-refractivity contribution < 1.29 is 24.2 Å². The molecule has 1 aliphatic heterocycles. The minimum atomic E-state index is -1.10. The minimum absolute atomic E-state index is 0.579. The SMILES string of the molecule is CC1OC(C)(C)N(C(=O)OC(C)(C)C)C1C(=O)O. The van der Waals surface area contributed by atoms with Crippen molar-refractivity contribution in [2.45, 2.75) is 65.0 Å². The second-order valence-electron chi connectivity index (χ2n) is 5.90. The van der Waals surface area contributed by atoms with E-state index in [0.717, 1.165) is 4.90 Å². The van der Waals surface area contributed by atoms with Crippen molar-refractivity contribution in [3.63, 3.8) is 0 Å². The summed E-state index contributed by atoms with van der Waals surface area (Å²) in [6.07, 6.45) is -1.26. The van der Waals surface area contributed by atoms with Crippen LogP contribution in [-0.4, -0.2) is 45.5 Å². The monoisotopic (exact) mass is 259 g/mol. The molecule has 104 valence electrons. The van der Waals surface area contributed by atoms with Crippen LogP contribution in [-0.2, 0) is 14.3 Å². The molecule has 0 spiro atoms. The van der Waals surface area contributed by atoms with Gasteiger partial charge in [0.1, 0.15) is 11.3 Å². The molecule has 2 unspecified atom stereocenters. The molecule has 0 aromatic carbocycles. The molecular formula is C12H21NO5. The predicted octanol–water partition coefficient (Wildman–Crippen LogP) is 1.83. The van der Waals surface area contributed by atoms with E-state index in [2.05, 4.69) is 0 Å². The topological polar surface area (TPSA) is 76.1 Å². The zero-order chi connectivity index (χ0) is 14.3. The van der Waals surface area contributed by atoms with Gasteiger partial charge in [0.25, 0.3) is 0 Å². The minimum Gasteiger partial charge on any atom is -0.480 e. The molecule has 1 heterocycles. The molecule has 0 radical (unpaired) electrons. The number of amides is 1. The first-order chi connectivity index (χ1) is 7.96. The van der Waals surface area contributed by atoms with Gasteiger partial charge in [-0.1, -0.05) is 0 Å². The number of carboxylic acid groups (broad SMARTS) is 1. The average molecular weight is 259 g/mol. The van der Waals surface area contributed by atoms with Gasteiger partial charge in [0.15, 0.2) is 6.04 Å². The first-order valence-electron chi connectivity index (χ1n) is 5.88. The highest BCUT2D eigenvalue weighted by Gasteiger charge is 2.52. The Morgan fingerprint density at radius 2 is 1.83 bits per heavy atom. The predicted molar refractivity (Wildman–Crippen MR) is 64.1 cm³/mol. The van der Waals surface area contributed by atoms with Gasteiger partial charge in [-0.2, -0.15) is 0 Å². The maximum absolute atomic E-state index is 12.1. The molecule has 0 saturated carbocycles. The molecule has 1 aliphatic rings. The van der Waals surface area contributed by atoms with E-state index in [4.69, 9.17) is 9.47 Å². The summed E-state index contributed by atoms with van der Waals surface area (Å²) in [7, 11) is 0. The van der Waals surface area contributed by atoms with Crippen molar-refractivity contribution in [3.05, 3.63) is 0 Å². The fourth-order valence-corrected chi connectivity index (χ4v) is 2.08. The maximum atomic E-state index is 12.1. The molecule has 1 N–H and O–H groups in total. The van der Waals surface area contributed by atoms with Crippen LogP contribution in [0.2, 0.25) is 0 Å². The molecule has 1 saturated heterocycles. The third-order valence-electron chi connectivity index (χ3n) is 2.62. The van der Waals surface area contributed by atoms with Gasteiger partial charge in [-0.15, -0.1) is 0 Å². The van der Waals surface area contributed by atoms with E-state index >= 15 is 0 Å². The lowest BCUT2D eigenvalue weighted by Gasteiger charge is -2.33. The lowest BCUT2D eigenvalue weighted by molar-refractivity contribution is -0.143. The lowest BCUT2D eigenvalue weighted by Crippen LogP contribution is -2.52. The molecule has 2 atom stereocenters. The Hall–Kier alpha value is -1.30. The van der Waals surface area contributed by atoms with E-state index in [-0.39, 0.29) is 0 Å². The highest BCUT2D eigenvalue weighted by molar-refractivity contribution is 5.82. The summed E-state index contributed by atoms with van der Waals surface area (Å²) in [5.74, 6) is -1.10. The van der Waals surface area contributed by atoms with Crippen molar-refractivity contribution in [3.8, 4) is 0 Å². The van der Waals surface area contributed by atoms with Gasteiger partial charge in [-0.25, -0.2) is 9.59 Å². The van der Waals surface area contributed by atoms with Crippen molar-refractivity contribution in [2.75, 3.05) is 0 Å². The average Bonchev–Trinajstić information content (AvgIpc) is 2.31. The number of hydrogen-bond donors (Lipinski definition) is 1. The van der Waals surface area contributed by atoms with Crippen LogP contribution >= 0.6 is 0 Å². The van der Waals surface area contributed by atoms with Crippen LogP contribution in [0.1, 0.15) is 41.5 Å². The smallest absolute Gasteiger partial charge is 0.413 e. The van der Waals surface area contributed by atoms with Gasteiger partial charge in [-0.3, -0.25) is 4.90 Å². The Labute approximate surface area is 107 Å². The highest BCUT2D eigenvalue weighted by Crippen LogP contribution is 2.33. The zero-order valence-electron chi connectivity index (χ0n) is 11.7. The molecule has 0 aromatic rings. The first kappa shape index (κ1) is 14.8. The van der Waals surface area contributed by atoms with Crippen molar-refractivity contribution in [1.29, 1.82) is 0 Å². The van der Waals surface area contributed by atoms with Gasteiger partial charge < -0.3 is 14.6 Å². The zero-order valence-corrected chi connectivity index (χ0v) is 11.7. The van der Waals surface area contributed by atoms with Crippen LogP contribution in [0.15, 0.2) is 0 Å². The van der Waals surface area contributed by atoms with Crippen LogP contribution in [0.5, 0.6) is 0 Å². The second kappa shape index (κ2) is 4.42. The van der Waals surface area contributed by atoms with Crippen molar-refractivity contribution in [2.24, 2.45) is 0 Å². The van der Waals surface area contributed by atoms with Gasteiger partial charge in [0.2, 0.25) is 0 Å². The van der Waals surface area contributed by atoms with Crippen LogP contribution in [0.3, 0.4) is 0 Å². The quantitative estimate of drug-likeness (QED) is 0.777. The number of carboxylic acids is 1. The lowest BCUT2D eigenvalue weighted by atomic mass is 10.1. The van der Waals surface area contributed by atoms with Gasteiger partial charge in [0, 0.05) is 0 Å². The molecule has 0 aliphatic carbocycles. The normalized spacial score (nSPS) is 27.1. The second-order valence-corrected chi connectivity index (χ2v) is 5.90. The largest absolute Gasteiger partial charge is 0.480 e. The highest BCUT2D eigenvalue weighted by atomic mass is 16.6.